The summed E-state index contributed by atoms with van der Waals surface area (Å²) in [6.45, 7) is 4.31. The number of nitrogens with zero attached hydrogens (tertiary/aromatic N) is 2. The summed E-state index contributed by atoms with van der Waals surface area (Å²) >= 11 is 14.5. The van der Waals surface area contributed by atoms with Gasteiger partial charge >= 0.3 is 5.97 Å². The van der Waals surface area contributed by atoms with Crippen molar-refractivity contribution in [3.8, 4) is 17.0 Å². The van der Waals surface area contributed by atoms with Crippen molar-refractivity contribution in [3.05, 3.63) is 57.3 Å². The van der Waals surface area contributed by atoms with Crippen molar-refractivity contribution in [1.29, 1.82) is 0 Å². The smallest absolute Gasteiger partial charge is 0.338 e. The van der Waals surface area contributed by atoms with Crippen LogP contribution in [0.25, 0.3) is 21.5 Å². The largest absolute Gasteiger partial charge is 0.489 e. The average molecular weight is 631 g/mol. The molecule has 42 heavy (non-hydrogen) atoms. The molecule has 0 amide bonds. The number of hydrogen-bond acceptors (Lipinski definition) is 9. The first-order valence-electron chi connectivity index (χ1n) is 14.3. The van der Waals surface area contributed by atoms with Gasteiger partial charge in [-0.1, -0.05) is 45.8 Å². The molecule has 0 unspecified atom stereocenters. The first-order chi connectivity index (χ1) is 20.3. The predicted molar refractivity (Wildman–Crippen MR) is 165 cm³/mol. The lowest BCUT2D eigenvalue weighted by atomic mass is 9.93. The van der Waals surface area contributed by atoms with Gasteiger partial charge in [-0.15, -0.1) is 0 Å². The van der Waals surface area contributed by atoms with Gasteiger partial charge in [-0.3, -0.25) is 0 Å². The summed E-state index contributed by atoms with van der Waals surface area (Å²) in [5, 5.41) is 9.89. The third kappa shape index (κ3) is 6.25. The van der Waals surface area contributed by atoms with E-state index in [9.17, 15) is 4.79 Å². The number of hydrogen-bond donors (Lipinski definition) is 1. The van der Waals surface area contributed by atoms with Crippen LogP contribution in [0.3, 0.4) is 0 Å². The van der Waals surface area contributed by atoms with Gasteiger partial charge in [0.25, 0.3) is 0 Å². The second-order valence-corrected chi connectivity index (χ2v) is 13.0. The number of aromatic nitrogens is 2. The Bertz CT molecular complexity index is 1570. The fourth-order valence-corrected chi connectivity index (χ4v) is 7.01. The summed E-state index contributed by atoms with van der Waals surface area (Å²) in [5.41, 5.74) is 3.52. The van der Waals surface area contributed by atoms with Gasteiger partial charge in [-0.25, -0.2) is 9.78 Å². The number of nitrogens with one attached hydrogen (secondary N) is 1. The number of esters is 1. The topological polar surface area (TPSA) is 95.7 Å². The molecule has 2 aromatic heterocycles. The van der Waals surface area contributed by atoms with E-state index in [4.69, 9.17) is 46.9 Å². The zero-order chi connectivity index (χ0) is 29.4. The molecule has 2 fully saturated rings. The van der Waals surface area contributed by atoms with Crippen LogP contribution in [0.4, 0.5) is 5.13 Å². The fraction of sp³-hybridized carbons (Fsp3) is 0.452. The molecule has 0 spiro atoms. The molecule has 2 heterocycles. The molecular weight excluding hydrogens is 597 g/mol. The van der Waals surface area contributed by atoms with Crippen LogP contribution in [0, 0.1) is 0 Å². The number of ether oxygens (including phenoxy) is 3. The molecule has 8 nitrogen and oxygen atoms in total. The van der Waals surface area contributed by atoms with Gasteiger partial charge in [0, 0.05) is 23.1 Å². The van der Waals surface area contributed by atoms with Crippen LogP contribution in [-0.2, 0) is 16.1 Å². The molecule has 222 valence electrons. The van der Waals surface area contributed by atoms with E-state index in [0.717, 1.165) is 65.2 Å². The highest BCUT2D eigenvalue weighted by Gasteiger charge is 2.34. The van der Waals surface area contributed by atoms with E-state index >= 15 is 0 Å². The summed E-state index contributed by atoms with van der Waals surface area (Å²) < 4.78 is 24.0. The summed E-state index contributed by atoms with van der Waals surface area (Å²) in [6, 6.07) is 9.24. The highest BCUT2D eigenvalue weighted by Crippen LogP contribution is 2.46. The number of methoxy groups -OCH3 is 1. The number of halogens is 2. The number of anilines is 1. The molecule has 0 bridgehead atoms. The fourth-order valence-electron chi connectivity index (χ4n) is 5.44. The third-order valence-electron chi connectivity index (χ3n) is 7.68. The van der Waals surface area contributed by atoms with E-state index in [2.05, 4.69) is 10.5 Å². The van der Waals surface area contributed by atoms with Crippen LogP contribution in [0.15, 0.2) is 34.9 Å². The van der Waals surface area contributed by atoms with Crippen LogP contribution in [0.2, 0.25) is 10.0 Å². The first-order valence-corrected chi connectivity index (χ1v) is 15.9. The molecule has 4 aromatic rings. The number of carbonyl (C=O) groups is 1. The van der Waals surface area contributed by atoms with Gasteiger partial charge in [0.15, 0.2) is 5.13 Å². The Hall–Kier alpha value is -2.85. The average Bonchev–Trinajstić information content (AvgIpc) is 3.60. The molecule has 2 aliphatic carbocycles. The number of rotatable bonds is 10. The number of fused-ring (bicyclic) bond motifs is 1. The molecule has 0 atom stereocenters. The van der Waals surface area contributed by atoms with Gasteiger partial charge < -0.3 is 24.1 Å². The van der Waals surface area contributed by atoms with Gasteiger partial charge in [-0.2, -0.15) is 0 Å². The molecule has 2 aliphatic rings. The standard InChI is InChI=1S/C31H33Cl2N3O5S/c1-16(2)40-24-13-18(30(37)38-3)14-25-28(24)35-31(42-25)34-19-9-11-20(12-10-19)39-15-21-27(36-41-29(21)17-7-8-17)26-22(32)5-4-6-23(26)33/h4-6,13-14,16-17,19-20H,7-12,15H2,1-3H3,(H,34,35)/t19-,20+. The molecular formula is C31H33Cl2N3O5S. The normalized spacial score (nSPS) is 18.9. The predicted octanol–water partition coefficient (Wildman–Crippen LogP) is 8.65. The Labute approximate surface area is 258 Å². The maximum Gasteiger partial charge on any atom is 0.338 e. The van der Waals surface area contributed by atoms with Gasteiger partial charge in [0.2, 0.25) is 0 Å². The van der Waals surface area contributed by atoms with Gasteiger partial charge in [0.1, 0.15) is 22.7 Å². The van der Waals surface area contributed by atoms with E-state index in [1.165, 1.54) is 18.4 Å². The Morgan fingerprint density at radius 2 is 1.86 bits per heavy atom. The van der Waals surface area contributed by atoms with E-state index < -0.39 is 5.97 Å². The quantitative estimate of drug-likeness (QED) is 0.174. The minimum Gasteiger partial charge on any atom is -0.489 e. The van der Waals surface area contributed by atoms with E-state index in [-0.39, 0.29) is 18.2 Å². The zero-order valence-electron chi connectivity index (χ0n) is 23.7. The van der Waals surface area contributed by atoms with Crippen LogP contribution in [0.1, 0.15) is 80.0 Å². The number of thiazole rings is 1. The van der Waals surface area contributed by atoms with Crippen LogP contribution < -0.4 is 10.1 Å². The molecule has 2 aromatic carbocycles. The van der Waals surface area contributed by atoms with E-state index in [1.54, 1.807) is 6.07 Å². The van der Waals surface area contributed by atoms with Crippen molar-refractivity contribution in [3.63, 3.8) is 0 Å². The van der Waals surface area contributed by atoms with Crippen LogP contribution >= 0.6 is 34.5 Å². The van der Waals surface area contributed by atoms with Crippen LogP contribution in [0.5, 0.6) is 5.75 Å². The Balaban J connectivity index is 1.11. The van der Waals surface area contributed by atoms with Crippen molar-refractivity contribution in [2.45, 2.75) is 83.1 Å². The van der Waals surface area contributed by atoms with Crippen molar-refractivity contribution >= 4 is 55.9 Å². The summed E-state index contributed by atoms with van der Waals surface area (Å²) in [4.78, 5) is 17.0. The van der Waals surface area contributed by atoms with E-state index in [0.29, 0.717) is 45.1 Å². The monoisotopic (exact) mass is 629 g/mol. The Kier molecular flexibility index (Phi) is 8.63. The minimum absolute atomic E-state index is 0.0505. The lowest BCUT2D eigenvalue weighted by Crippen LogP contribution is -2.29. The maximum atomic E-state index is 12.2. The lowest BCUT2D eigenvalue weighted by molar-refractivity contribution is 0.0145. The van der Waals surface area contributed by atoms with Gasteiger partial charge in [0.05, 0.1) is 46.2 Å². The summed E-state index contributed by atoms with van der Waals surface area (Å²) in [6.07, 6.45) is 6.00. The molecule has 2 saturated carbocycles. The third-order valence-corrected chi connectivity index (χ3v) is 9.24. The van der Waals surface area contributed by atoms with Crippen LogP contribution in [-0.4, -0.2) is 41.5 Å². The van der Waals surface area contributed by atoms with Crippen molar-refractivity contribution in [2.24, 2.45) is 0 Å². The molecule has 6 rings (SSSR count). The second-order valence-electron chi connectivity index (χ2n) is 11.2. The SMILES string of the molecule is COC(=O)c1cc(OC(C)C)c2nc(N[C@H]3CC[C@@H](OCc4c(-c5c(Cl)cccc5Cl)noc4C4CC4)CC3)sc2c1. The highest BCUT2D eigenvalue weighted by molar-refractivity contribution is 7.22. The molecule has 0 radical (unpaired) electrons. The maximum absolute atomic E-state index is 12.2. The zero-order valence-corrected chi connectivity index (χ0v) is 26.1. The minimum atomic E-state index is -0.399. The van der Waals surface area contributed by atoms with Crippen molar-refractivity contribution in [2.75, 3.05) is 12.4 Å². The van der Waals surface area contributed by atoms with Crippen molar-refractivity contribution < 1.29 is 23.5 Å². The first kappa shape index (κ1) is 29.2. The molecule has 11 heteroatoms. The second kappa shape index (κ2) is 12.4. The summed E-state index contributed by atoms with van der Waals surface area (Å²) in [5.74, 6) is 1.46. The molecule has 0 saturated heterocycles. The molecule has 1 N–H and O–H groups in total. The van der Waals surface area contributed by atoms with Gasteiger partial charge in [-0.05, 0) is 76.6 Å². The lowest BCUT2D eigenvalue weighted by Gasteiger charge is -2.29. The van der Waals surface area contributed by atoms with E-state index in [1.807, 2.05) is 38.1 Å². The number of benzene rings is 2. The highest BCUT2D eigenvalue weighted by atomic mass is 35.5. The van der Waals surface area contributed by atoms with Crippen molar-refractivity contribution in [1.82, 2.24) is 10.1 Å². The Morgan fingerprint density at radius 3 is 2.52 bits per heavy atom. The Morgan fingerprint density at radius 1 is 1.12 bits per heavy atom. The molecule has 0 aliphatic heterocycles. The number of carbonyl (C=O) groups excluding carboxylic acids is 1. The summed E-state index contributed by atoms with van der Waals surface area (Å²) in [7, 11) is 1.38.